The van der Waals surface area contributed by atoms with Crippen LogP contribution in [0.3, 0.4) is 0 Å². The maximum Gasteiger partial charge on any atom is 0.335 e. The first-order valence-electron chi connectivity index (χ1n) is 7.75. The minimum Gasteiger partial charge on any atom is -0.478 e. The van der Waals surface area contributed by atoms with Crippen LogP contribution in [0.1, 0.15) is 33.6 Å². The van der Waals surface area contributed by atoms with Gasteiger partial charge < -0.3 is 5.11 Å². The molecule has 0 unspecified atom stereocenters. The van der Waals surface area contributed by atoms with E-state index in [1.807, 2.05) is 0 Å². The molecule has 9 heteroatoms. The Bertz CT molecular complexity index is 1030. The molecule has 25 heavy (non-hydrogen) atoms. The van der Waals surface area contributed by atoms with Gasteiger partial charge in [-0.3, -0.25) is 5.10 Å². The molecule has 2 aromatic heterocycles. The van der Waals surface area contributed by atoms with Gasteiger partial charge in [0.25, 0.3) is 0 Å². The molecule has 0 atom stereocenters. The first kappa shape index (κ1) is 15.5. The smallest absolute Gasteiger partial charge is 0.335 e. The van der Waals surface area contributed by atoms with Crippen LogP contribution in [0.5, 0.6) is 0 Å². The lowest BCUT2D eigenvalue weighted by atomic mass is 10.1. The van der Waals surface area contributed by atoms with Crippen molar-refractivity contribution in [2.45, 2.75) is 19.3 Å². The minimum absolute atomic E-state index is 0.227. The molecule has 1 aliphatic carbocycles. The largest absolute Gasteiger partial charge is 0.478 e. The van der Waals surface area contributed by atoms with Crippen molar-refractivity contribution in [1.82, 2.24) is 25.1 Å². The summed E-state index contributed by atoms with van der Waals surface area (Å²) in [5, 5.41) is 27.7. The zero-order valence-electron chi connectivity index (χ0n) is 13.1. The number of rotatable bonds is 4. The van der Waals surface area contributed by atoms with Crippen molar-refractivity contribution in [2.75, 3.05) is 0 Å². The molecule has 0 amide bonds. The fraction of sp³-hybridized carbons (Fsp3) is 0.188. The Hall–Kier alpha value is -3.07. The number of nitrogens with one attached hydrogen (secondary N) is 2. The molecular formula is C16H14N6O2S. The average Bonchev–Trinajstić information content (AvgIpc) is 3.29. The number of H-pyrrole nitrogens is 2. The highest BCUT2D eigenvalue weighted by Gasteiger charge is 2.23. The lowest BCUT2D eigenvalue weighted by molar-refractivity contribution is 0.0697. The number of carbonyl (C=O) groups is 1. The molecule has 1 aromatic carbocycles. The third kappa shape index (κ3) is 2.78. The molecule has 8 nitrogen and oxygen atoms in total. The number of aromatic amines is 2. The van der Waals surface area contributed by atoms with E-state index in [9.17, 15) is 4.79 Å². The Morgan fingerprint density at radius 2 is 2.04 bits per heavy atom. The summed E-state index contributed by atoms with van der Waals surface area (Å²) >= 11 is 5.26. The summed E-state index contributed by atoms with van der Waals surface area (Å²) in [6.07, 6.45) is 4.65. The highest BCUT2D eigenvalue weighted by Crippen LogP contribution is 2.29. The van der Waals surface area contributed by atoms with Crippen molar-refractivity contribution in [2.24, 2.45) is 5.10 Å². The quantitative estimate of drug-likeness (QED) is 0.492. The molecular weight excluding hydrogens is 340 g/mol. The van der Waals surface area contributed by atoms with E-state index in [0.717, 1.165) is 41.8 Å². The monoisotopic (exact) mass is 354 g/mol. The maximum atomic E-state index is 10.9. The van der Waals surface area contributed by atoms with Crippen LogP contribution in [0, 0.1) is 4.77 Å². The van der Waals surface area contributed by atoms with Crippen molar-refractivity contribution in [3.05, 3.63) is 51.4 Å². The van der Waals surface area contributed by atoms with Crippen LogP contribution in [0.25, 0.3) is 11.5 Å². The van der Waals surface area contributed by atoms with E-state index in [2.05, 4.69) is 25.5 Å². The Kier molecular flexibility index (Phi) is 3.77. The van der Waals surface area contributed by atoms with Gasteiger partial charge in [-0.1, -0.05) is 12.1 Å². The second-order valence-electron chi connectivity index (χ2n) is 5.72. The van der Waals surface area contributed by atoms with Crippen LogP contribution in [0.2, 0.25) is 0 Å². The topological polar surface area (TPSA) is 112 Å². The van der Waals surface area contributed by atoms with Gasteiger partial charge in [0.2, 0.25) is 10.6 Å². The van der Waals surface area contributed by atoms with Gasteiger partial charge in [-0.05, 0) is 49.2 Å². The molecule has 0 saturated carbocycles. The summed E-state index contributed by atoms with van der Waals surface area (Å²) in [6, 6.07) is 6.42. The van der Waals surface area contributed by atoms with E-state index in [1.165, 1.54) is 16.8 Å². The highest BCUT2D eigenvalue weighted by atomic mass is 32.1. The molecule has 4 rings (SSSR count). The van der Waals surface area contributed by atoms with Crippen LogP contribution in [0.15, 0.2) is 29.4 Å². The molecule has 0 saturated heterocycles. The number of aromatic nitrogens is 5. The second kappa shape index (κ2) is 6.10. The second-order valence-corrected chi connectivity index (χ2v) is 6.11. The Labute approximate surface area is 147 Å². The Morgan fingerprint density at radius 1 is 1.24 bits per heavy atom. The fourth-order valence-corrected chi connectivity index (χ4v) is 3.07. The molecule has 126 valence electrons. The summed E-state index contributed by atoms with van der Waals surface area (Å²) in [5.41, 5.74) is 4.05. The van der Waals surface area contributed by atoms with Gasteiger partial charge in [0.1, 0.15) is 5.69 Å². The van der Waals surface area contributed by atoms with Gasteiger partial charge in [0.05, 0.1) is 11.8 Å². The summed E-state index contributed by atoms with van der Waals surface area (Å²) in [5.74, 6) is -0.405. The molecule has 1 aliphatic rings. The lowest BCUT2D eigenvalue weighted by Gasteiger charge is -2.00. The molecule has 2 heterocycles. The summed E-state index contributed by atoms with van der Waals surface area (Å²) in [7, 11) is 0. The molecule has 0 bridgehead atoms. The van der Waals surface area contributed by atoms with E-state index >= 15 is 0 Å². The van der Waals surface area contributed by atoms with Gasteiger partial charge >= 0.3 is 5.97 Å². The zero-order valence-corrected chi connectivity index (χ0v) is 13.9. The van der Waals surface area contributed by atoms with Crippen LogP contribution >= 0.6 is 12.2 Å². The van der Waals surface area contributed by atoms with Crippen LogP contribution < -0.4 is 0 Å². The Morgan fingerprint density at radius 3 is 2.80 bits per heavy atom. The number of nitrogens with zero attached hydrogens (tertiary/aromatic N) is 4. The van der Waals surface area contributed by atoms with E-state index < -0.39 is 5.97 Å². The third-order valence-corrected chi connectivity index (χ3v) is 4.41. The van der Waals surface area contributed by atoms with Gasteiger partial charge in [0.15, 0.2) is 0 Å². The van der Waals surface area contributed by atoms with E-state index in [-0.39, 0.29) is 5.56 Å². The minimum atomic E-state index is -0.963. The van der Waals surface area contributed by atoms with Gasteiger partial charge in [0, 0.05) is 11.3 Å². The molecule has 0 fully saturated rings. The number of aryl methyl sites for hydroxylation is 1. The van der Waals surface area contributed by atoms with Crippen molar-refractivity contribution < 1.29 is 9.90 Å². The number of benzene rings is 1. The van der Waals surface area contributed by atoms with Crippen LogP contribution in [0.4, 0.5) is 0 Å². The third-order valence-electron chi connectivity index (χ3n) is 4.15. The summed E-state index contributed by atoms with van der Waals surface area (Å²) in [4.78, 5) is 10.9. The maximum absolute atomic E-state index is 10.9. The molecule has 0 radical (unpaired) electrons. The fourth-order valence-electron chi connectivity index (χ4n) is 2.89. The molecule has 3 aromatic rings. The van der Waals surface area contributed by atoms with Gasteiger partial charge in [-0.25, -0.2) is 9.89 Å². The predicted molar refractivity (Wildman–Crippen MR) is 93.4 cm³/mol. The summed E-state index contributed by atoms with van der Waals surface area (Å²) < 4.78 is 1.89. The van der Waals surface area contributed by atoms with Crippen molar-refractivity contribution in [3.63, 3.8) is 0 Å². The van der Waals surface area contributed by atoms with E-state index in [0.29, 0.717) is 10.6 Å². The number of hydrogen-bond acceptors (Lipinski definition) is 5. The normalized spacial score (nSPS) is 13.4. The predicted octanol–water partition coefficient (Wildman–Crippen LogP) is 2.40. The molecule has 0 spiro atoms. The summed E-state index contributed by atoms with van der Waals surface area (Å²) in [6.45, 7) is 0. The first-order chi connectivity index (χ1) is 12.1. The number of carboxylic acids is 1. The standard InChI is InChI=1S/C16H14N6O2S/c23-15(24)10-6-4-9(5-7-10)8-17-22-14(20-21-16(22)25)13-11-2-1-3-12(11)18-19-13/h4-8H,1-3H2,(H,18,19)(H,21,25)(H,23,24)/b17-8+. The molecule has 3 N–H and O–H groups in total. The van der Waals surface area contributed by atoms with Gasteiger partial charge in [-0.2, -0.15) is 20.0 Å². The van der Waals surface area contributed by atoms with E-state index in [1.54, 1.807) is 18.3 Å². The van der Waals surface area contributed by atoms with Crippen molar-refractivity contribution in [3.8, 4) is 11.5 Å². The lowest BCUT2D eigenvalue weighted by Crippen LogP contribution is -1.98. The number of fused-ring (bicyclic) bond motifs is 1. The Balaban J connectivity index is 1.68. The zero-order chi connectivity index (χ0) is 17.4. The highest BCUT2D eigenvalue weighted by molar-refractivity contribution is 7.71. The average molecular weight is 354 g/mol. The van der Waals surface area contributed by atoms with Crippen LogP contribution in [-0.2, 0) is 12.8 Å². The van der Waals surface area contributed by atoms with Crippen LogP contribution in [-0.4, -0.2) is 42.4 Å². The SMILES string of the molecule is O=C(O)c1ccc(/C=N/n2c(-c3n[nH]c4c3CCC4)n[nH]c2=S)cc1. The van der Waals surface area contributed by atoms with Crippen molar-refractivity contribution in [1.29, 1.82) is 0 Å². The number of aromatic carboxylic acids is 1. The number of hydrogen-bond donors (Lipinski definition) is 3. The number of carboxylic acid groups (broad SMARTS) is 1. The van der Waals surface area contributed by atoms with Gasteiger partial charge in [-0.15, -0.1) is 0 Å². The first-order valence-corrected chi connectivity index (χ1v) is 8.16. The molecule has 0 aliphatic heterocycles. The van der Waals surface area contributed by atoms with Crippen molar-refractivity contribution >= 4 is 24.4 Å². The van der Waals surface area contributed by atoms with E-state index in [4.69, 9.17) is 17.3 Å².